The van der Waals surface area contributed by atoms with Crippen molar-refractivity contribution in [3.8, 4) is 0 Å². The highest BCUT2D eigenvalue weighted by atomic mass is 35.5. The van der Waals surface area contributed by atoms with Crippen LogP contribution in [0.15, 0.2) is 54.6 Å². The Kier molecular flexibility index (Phi) is 11.4. The minimum Gasteiger partial charge on any atom is -0.475 e. The molecule has 0 aromatic heterocycles. The lowest BCUT2D eigenvalue weighted by atomic mass is 10.0. The van der Waals surface area contributed by atoms with Crippen molar-refractivity contribution in [3.05, 3.63) is 70.7 Å². The van der Waals surface area contributed by atoms with Crippen molar-refractivity contribution in [1.29, 1.82) is 0 Å². The van der Waals surface area contributed by atoms with E-state index in [4.69, 9.17) is 21.5 Å². The Morgan fingerprint density at radius 3 is 2.14 bits per heavy atom. The molecule has 1 unspecified atom stereocenters. The van der Waals surface area contributed by atoms with Crippen LogP contribution in [0.3, 0.4) is 0 Å². The van der Waals surface area contributed by atoms with E-state index in [1.54, 1.807) is 29.2 Å². The SMILES string of the molecule is CC(CN(CCS(=O)(=O)N1CCNCC1)C(=O)c1ccc(Cl)cc1)c1ccccc1.O=C(O)C(F)(F)F. The number of alkyl halides is 3. The third kappa shape index (κ3) is 9.95. The van der Waals surface area contributed by atoms with Gasteiger partial charge in [-0.2, -0.15) is 17.5 Å². The molecule has 1 saturated heterocycles. The lowest BCUT2D eigenvalue weighted by Crippen LogP contribution is -2.48. The van der Waals surface area contributed by atoms with Gasteiger partial charge in [0.25, 0.3) is 5.91 Å². The number of benzene rings is 2. The summed E-state index contributed by atoms with van der Waals surface area (Å²) in [6.07, 6.45) is -5.08. The van der Waals surface area contributed by atoms with Gasteiger partial charge in [0, 0.05) is 49.9 Å². The number of nitrogens with one attached hydrogen (secondary N) is 1. The fourth-order valence-corrected chi connectivity index (χ4v) is 5.12. The van der Waals surface area contributed by atoms with Crippen LogP contribution in [0.1, 0.15) is 28.8 Å². The van der Waals surface area contributed by atoms with Crippen LogP contribution in [-0.2, 0) is 14.8 Å². The molecule has 1 heterocycles. The highest BCUT2D eigenvalue weighted by molar-refractivity contribution is 7.89. The third-order valence-corrected chi connectivity index (χ3v) is 7.67. The molecule has 204 valence electrons. The Labute approximate surface area is 219 Å². The number of carboxylic acid groups (broad SMARTS) is 1. The van der Waals surface area contributed by atoms with Crippen LogP contribution in [0.4, 0.5) is 13.2 Å². The Hall–Kier alpha value is -2.67. The molecule has 0 spiro atoms. The molecule has 0 saturated carbocycles. The molecule has 0 aliphatic carbocycles. The summed E-state index contributed by atoms with van der Waals surface area (Å²) in [4.78, 5) is 23.7. The molecule has 13 heteroatoms. The highest BCUT2D eigenvalue weighted by Crippen LogP contribution is 2.19. The molecule has 37 heavy (non-hydrogen) atoms. The number of halogens is 4. The summed E-state index contributed by atoms with van der Waals surface area (Å²) in [6, 6.07) is 16.6. The van der Waals surface area contributed by atoms with Crippen LogP contribution in [0, 0.1) is 0 Å². The van der Waals surface area contributed by atoms with Gasteiger partial charge in [-0.25, -0.2) is 13.2 Å². The quantitative estimate of drug-likeness (QED) is 0.509. The monoisotopic (exact) mass is 563 g/mol. The summed E-state index contributed by atoms with van der Waals surface area (Å²) in [7, 11) is -3.42. The first-order chi connectivity index (χ1) is 17.3. The van der Waals surface area contributed by atoms with E-state index in [0.29, 0.717) is 43.3 Å². The predicted octanol–water partition coefficient (Wildman–Crippen LogP) is 3.45. The van der Waals surface area contributed by atoms with E-state index in [0.717, 1.165) is 5.56 Å². The number of carboxylic acids is 1. The number of hydrogen-bond acceptors (Lipinski definition) is 5. The second kappa shape index (κ2) is 13.8. The van der Waals surface area contributed by atoms with E-state index in [1.807, 2.05) is 37.3 Å². The smallest absolute Gasteiger partial charge is 0.475 e. The number of sulfonamides is 1. The summed E-state index contributed by atoms with van der Waals surface area (Å²) >= 11 is 5.95. The fraction of sp³-hybridized carbons (Fsp3) is 0.417. The molecular weight excluding hydrogens is 535 g/mol. The summed E-state index contributed by atoms with van der Waals surface area (Å²) in [6.45, 7) is 4.85. The van der Waals surface area contributed by atoms with Gasteiger partial charge in [-0.15, -0.1) is 0 Å². The van der Waals surface area contributed by atoms with Crippen molar-refractivity contribution in [2.24, 2.45) is 0 Å². The number of aliphatic carboxylic acids is 1. The maximum absolute atomic E-state index is 13.2. The van der Waals surface area contributed by atoms with Crippen LogP contribution in [0.25, 0.3) is 0 Å². The molecule has 8 nitrogen and oxygen atoms in total. The van der Waals surface area contributed by atoms with Crippen LogP contribution in [-0.4, -0.2) is 85.8 Å². The Bertz CT molecular complexity index is 1130. The summed E-state index contributed by atoms with van der Waals surface area (Å²) in [5.74, 6) is -2.96. The van der Waals surface area contributed by atoms with Crippen molar-refractivity contribution in [2.45, 2.75) is 19.0 Å². The number of rotatable bonds is 8. The van der Waals surface area contributed by atoms with Gasteiger partial charge in [-0.05, 0) is 35.7 Å². The van der Waals surface area contributed by atoms with Crippen molar-refractivity contribution in [2.75, 3.05) is 45.0 Å². The minimum atomic E-state index is -5.08. The number of carbonyl (C=O) groups is 2. The summed E-state index contributed by atoms with van der Waals surface area (Å²) < 4.78 is 58.8. The maximum Gasteiger partial charge on any atom is 0.490 e. The maximum atomic E-state index is 13.2. The first-order valence-electron chi connectivity index (χ1n) is 11.4. The van der Waals surface area contributed by atoms with Gasteiger partial charge in [0.2, 0.25) is 10.0 Å². The van der Waals surface area contributed by atoms with Gasteiger partial charge in [-0.1, -0.05) is 48.9 Å². The van der Waals surface area contributed by atoms with Crippen molar-refractivity contribution < 1.29 is 36.3 Å². The third-order valence-electron chi connectivity index (χ3n) is 5.57. The van der Waals surface area contributed by atoms with Gasteiger partial charge in [0.1, 0.15) is 0 Å². The van der Waals surface area contributed by atoms with Crippen LogP contribution < -0.4 is 5.32 Å². The number of piperazine rings is 1. The number of hydrogen-bond donors (Lipinski definition) is 2. The lowest BCUT2D eigenvalue weighted by molar-refractivity contribution is -0.192. The zero-order valence-corrected chi connectivity index (χ0v) is 21.7. The molecule has 0 radical (unpaired) electrons. The first kappa shape index (κ1) is 30.6. The number of amides is 1. The first-order valence-corrected chi connectivity index (χ1v) is 13.4. The molecule has 1 aliphatic rings. The molecule has 0 bridgehead atoms. The summed E-state index contributed by atoms with van der Waals surface area (Å²) in [5.41, 5.74) is 1.61. The van der Waals surface area contributed by atoms with Crippen LogP contribution in [0.5, 0.6) is 0 Å². The molecule has 3 rings (SSSR count). The zero-order chi connectivity index (χ0) is 27.6. The van der Waals surface area contributed by atoms with Crippen molar-refractivity contribution in [3.63, 3.8) is 0 Å². The van der Waals surface area contributed by atoms with Gasteiger partial charge in [-0.3, -0.25) is 4.79 Å². The second-order valence-corrected chi connectivity index (χ2v) is 10.9. The van der Waals surface area contributed by atoms with Gasteiger partial charge < -0.3 is 15.3 Å². The van der Waals surface area contributed by atoms with E-state index in [-0.39, 0.29) is 24.1 Å². The van der Waals surface area contributed by atoms with E-state index >= 15 is 0 Å². The molecule has 1 fully saturated rings. The fourth-order valence-electron chi connectivity index (χ4n) is 3.55. The van der Waals surface area contributed by atoms with Gasteiger partial charge >= 0.3 is 12.1 Å². The molecule has 2 aromatic rings. The highest BCUT2D eigenvalue weighted by Gasteiger charge is 2.38. The number of nitrogens with zero attached hydrogens (tertiary/aromatic N) is 2. The molecule has 1 amide bonds. The van der Waals surface area contributed by atoms with E-state index in [2.05, 4.69) is 5.32 Å². The van der Waals surface area contributed by atoms with E-state index in [1.165, 1.54) is 4.31 Å². The minimum absolute atomic E-state index is 0.0735. The van der Waals surface area contributed by atoms with E-state index in [9.17, 15) is 26.4 Å². The average Bonchev–Trinajstić information content (AvgIpc) is 2.87. The van der Waals surface area contributed by atoms with Crippen molar-refractivity contribution >= 4 is 33.5 Å². The number of carbonyl (C=O) groups excluding carboxylic acids is 1. The molecule has 1 atom stereocenters. The molecule has 1 aliphatic heterocycles. The standard InChI is InChI=1S/C22H28ClN3O3S.C2HF3O2/c1-18(19-5-3-2-4-6-19)17-25(22(27)20-7-9-21(23)10-8-20)15-16-30(28,29)26-13-11-24-12-14-26;3-2(4,5)1(6)7/h2-10,18,24H,11-17H2,1H3;(H,6,7). The van der Waals surface area contributed by atoms with E-state index < -0.39 is 22.2 Å². The van der Waals surface area contributed by atoms with Gasteiger partial charge in [0.05, 0.1) is 5.75 Å². The molecular formula is C24H29ClF3N3O5S. The Balaban J connectivity index is 0.000000604. The van der Waals surface area contributed by atoms with Crippen LogP contribution >= 0.6 is 11.6 Å². The van der Waals surface area contributed by atoms with Crippen molar-refractivity contribution in [1.82, 2.24) is 14.5 Å². The van der Waals surface area contributed by atoms with Crippen LogP contribution in [0.2, 0.25) is 5.02 Å². The Morgan fingerprint density at radius 1 is 1.08 bits per heavy atom. The molecule has 2 aromatic carbocycles. The topological polar surface area (TPSA) is 107 Å². The normalized spacial score (nSPS) is 15.3. The molecule has 2 N–H and O–H groups in total. The largest absolute Gasteiger partial charge is 0.490 e. The average molecular weight is 564 g/mol. The second-order valence-electron chi connectivity index (χ2n) is 8.34. The zero-order valence-electron chi connectivity index (χ0n) is 20.1. The summed E-state index contributed by atoms with van der Waals surface area (Å²) in [5, 5.41) is 10.8. The van der Waals surface area contributed by atoms with Gasteiger partial charge in [0.15, 0.2) is 0 Å². The lowest BCUT2D eigenvalue weighted by Gasteiger charge is -2.30. The predicted molar refractivity (Wildman–Crippen MR) is 134 cm³/mol. The Morgan fingerprint density at radius 2 is 1.62 bits per heavy atom.